The number of fused-ring (bicyclic) bond motifs is 3. The largest absolute Gasteiger partial charge is 0.480 e. The van der Waals surface area contributed by atoms with Crippen molar-refractivity contribution in [2.75, 3.05) is 0 Å². The Morgan fingerprint density at radius 1 is 1.14 bits per heavy atom. The Kier molecular flexibility index (Phi) is 5.38. The fourth-order valence-electron chi connectivity index (χ4n) is 4.55. The van der Waals surface area contributed by atoms with Crippen LogP contribution in [0.4, 0.5) is 0 Å². The van der Waals surface area contributed by atoms with Crippen molar-refractivity contribution in [3.8, 4) is 0 Å². The first-order valence-corrected chi connectivity index (χ1v) is 10.2. The van der Waals surface area contributed by atoms with Crippen LogP contribution in [0.25, 0.3) is 10.9 Å². The topological polar surface area (TPSA) is 71.3 Å². The fourth-order valence-corrected chi connectivity index (χ4v) is 4.55. The molecule has 29 heavy (non-hydrogen) atoms. The molecule has 5 nitrogen and oxygen atoms in total. The van der Waals surface area contributed by atoms with E-state index in [1.807, 2.05) is 60.0 Å². The van der Waals surface area contributed by atoms with Crippen LogP contribution in [0.1, 0.15) is 42.6 Å². The maximum absolute atomic E-state index is 12.5. The summed E-state index contributed by atoms with van der Waals surface area (Å²) < 4.78 is 2.01. The van der Waals surface area contributed by atoms with Crippen molar-refractivity contribution < 1.29 is 14.7 Å². The highest BCUT2D eigenvalue weighted by Gasteiger charge is 2.30. The lowest BCUT2D eigenvalue weighted by Gasteiger charge is -2.26. The number of nitrogens with zero attached hydrogens (tertiary/aromatic N) is 1. The summed E-state index contributed by atoms with van der Waals surface area (Å²) in [5.41, 5.74) is 4.26. The minimum Gasteiger partial charge on any atom is -0.480 e. The summed E-state index contributed by atoms with van der Waals surface area (Å²) in [7, 11) is 0. The highest BCUT2D eigenvalue weighted by atomic mass is 16.4. The summed E-state index contributed by atoms with van der Waals surface area (Å²) in [6.07, 6.45) is 3.24. The standard InChI is InChI=1S/C24H26N2O3/c1-2-20(24(28)29)26-21-11-7-6-10-18(21)19-15-17(12-13-22(19)26)25-23(27)14-16-8-4-3-5-9-16/h3-11,17,20H,2,12-15H2,1H3,(H,25,27)(H,28,29)/t17-,20?/m0/s1. The molecule has 1 amide bonds. The second-order valence-corrected chi connectivity index (χ2v) is 7.74. The van der Waals surface area contributed by atoms with E-state index in [2.05, 4.69) is 11.4 Å². The Morgan fingerprint density at radius 3 is 2.59 bits per heavy atom. The number of carbonyl (C=O) groups is 2. The molecule has 0 saturated carbocycles. The molecule has 0 spiro atoms. The van der Waals surface area contributed by atoms with E-state index < -0.39 is 12.0 Å². The van der Waals surface area contributed by atoms with Crippen LogP contribution in [0.3, 0.4) is 0 Å². The SMILES string of the molecule is CCC(C(=O)O)n1c2c(c3ccccc31)C[C@@H](NC(=O)Cc1ccccc1)CC2. The Hall–Kier alpha value is -3.08. The van der Waals surface area contributed by atoms with E-state index in [4.69, 9.17) is 0 Å². The summed E-state index contributed by atoms with van der Waals surface area (Å²) in [6, 6.07) is 17.3. The molecule has 0 fully saturated rings. The van der Waals surface area contributed by atoms with Crippen molar-refractivity contribution in [3.05, 3.63) is 71.4 Å². The van der Waals surface area contributed by atoms with Gasteiger partial charge >= 0.3 is 5.97 Å². The van der Waals surface area contributed by atoms with Crippen LogP contribution in [0.15, 0.2) is 54.6 Å². The normalized spacial score (nSPS) is 16.9. The van der Waals surface area contributed by atoms with Gasteiger partial charge in [-0.15, -0.1) is 0 Å². The van der Waals surface area contributed by atoms with Gasteiger partial charge in [0.1, 0.15) is 6.04 Å². The molecule has 2 aromatic carbocycles. The van der Waals surface area contributed by atoms with Crippen molar-refractivity contribution in [1.82, 2.24) is 9.88 Å². The molecule has 4 rings (SSSR count). The molecule has 0 bridgehead atoms. The van der Waals surface area contributed by atoms with Gasteiger partial charge in [0.25, 0.3) is 0 Å². The predicted octanol–water partition coefficient (Wildman–Crippen LogP) is 3.89. The van der Waals surface area contributed by atoms with E-state index in [0.29, 0.717) is 12.8 Å². The lowest BCUT2D eigenvalue weighted by atomic mass is 9.91. The number of rotatable bonds is 6. The number of hydrogen-bond acceptors (Lipinski definition) is 2. The fraction of sp³-hybridized carbons (Fsp3) is 0.333. The van der Waals surface area contributed by atoms with E-state index in [0.717, 1.165) is 41.4 Å². The molecule has 0 aliphatic heterocycles. The third-order valence-electron chi connectivity index (χ3n) is 5.86. The molecule has 1 aliphatic carbocycles. The third kappa shape index (κ3) is 3.77. The van der Waals surface area contributed by atoms with Gasteiger partial charge in [-0.25, -0.2) is 4.79 Å². The first-order valence-electron chi connectivity index (χ1n) is 10.2. The molecule has 1 aromatic heterocycles. The number of aliphatic carboxylic acids is 1. The molecule has 5 heteroatoms. The first kappa shape index (κ1) is 19.2. The zero-order chi connectivity index (χ0) is 20.4. The molecule has 1 heterocycles. The molecule has 3 aromatic rings. The average Bonchev–Trinajstić information content (AvgIpc) is 3.03. The zero-order valence-corrected chi connectivity index (χ0v) is 16.6. The Balaban J connectivity index is 1.59. The second-order valence-electron chi connectivity index (χ2n) is 7.74. The Bertz CT molecular complexity index is 1040. The molecule has 0 radical (unpaired) electrons. The number of nitrogens with one attached hydrogen (secondary N) is 1. The molecule has 0 saturated heterocycles. The van der Waals surface area contributed by atoms with Crippen molar-refractivity contribution in [2.45, 2.75) is 51.1 Å². The van der Waals surface area contributed by atoms with Gasteiger partial charge in [-0.2, -0.15) is 0 Å². The van der Waals surface area contributed by atoms with Crippen LogP contribution in [-0.4, -0.2) is 27.6 Å². The van der Waals surface area contributed by atoms with Crippen molar-refractivity contribution in [2.24, 2.45) is 0 Å². The summed E-state index contributed by atoms with van der Waals surface area (Å²) in [6.45, 7) is 1.91. The summed E-state index contributed by atoms with van der Waals surface area (Å²) in [4.78, 5) is 24.4. The number of para-hydroxylation sites is 1. The summed E-state index contributed by atoms with van der Waals surface area (Å²) in [5, 5.41) is 14.0. The smallest absolute Gasteiger partial charge is 0.326 e. The highest BCUT2D eigenvalue weighted by Crippen LogP contribution is 2.35. The van der Waals surface area contributed by atoms with E-state index >= 15 is 0 Å². The minimum absolute atomic E-state index is 0.0327. The van der Waals surface area contributed by atoms with Crippen LogP contribution in [-0.2, 0) is 28.9 Å². The number of carbonyl (C=O) groups excluding carboxylic acids is 1. The van der Waals surface area contributed by atoms with Crippen molar-refractivity contribution in [1.29, 1.82) is 0 Å². The number of aromatic nitrogens is 1. The van der Waals surface area contributed by atoms with Crippen LogP contribution in [0.5, 0.6) is 0 Å². The van der Waals surface area contributed by atoms with Crippen LogP contribution in [0, 0.1) is 0 Å². The lowest BCUT2D eigenvalue weighted by Crippen LogP contribution is -2.40. The number of carboxylic acids is 1. The summed E-state index contributed by atoms with van der Waals surface area (Å²) in [5.74, 6) is -0.764. The van der Waals surface area contributed by atoms with Gasteiger partial charge in [0.05, 0.1) is 6.42 Å². The predicted molar refractivity (Wildman–Crippen MR) is 113 cm³/mol. The molecule has 1 aliphatic rings. The van der Waals surface area contributed by atoms with Gasteiger partial charge in [-0.1, -0.05) is 55.5 Å². The molecule has 1 unspecified atom stereocenters. The maximum Gasteiger partial charge on any atom is 0.326 e. The average molecular weight is 390 g/mol. The van der Waals surface area contributed by atoms with Gasteiger partial charge in [0.15, 0.2) is 0 Å². The van der Waals surface area contributed by atoms with Crippen molar-refractivity contribution >= 4 is 22.8 Å². The second kappa shape index (κ2) is 8.11. The molecule has 2 N–H and O–H groups in total. The lowest BCUT2D eigenvalue weighted by molar-refractivity contribution is -0.141. The van der Waals surface area contributed by atoms with Gasteiger partial charge in [-0.05, 0) is 42.9 Å². The highest BCUT2D eigenvalue weighted by molar-refractivity contribution is 5.88. The molecule has 150 valence electrons. The number of amides is 1. The quantitative estimate of drug-likeness (QED) is 0.671. The summed E-state index contributed by atoms with van der Waals surface area (Å²) >= 11 is 0. The maximum atomic E-state index is 12.5. The van der Waals surface area contributed by atoms with Gasteiger partial charge in [0.2, 0.25) is 5.91 Å². The molecular weight excluding hydrogens is 364 g/mol. The monoisotopic (exact) mass is 390 g/mol. The third-order valence-corrected chi connectivity index (χ3v) is 5.86. The zero-order valence-electron chi connectivity index (χ0n) is 16.6. The molecular formula is C24H26N2O3. The minimum atomic E-state index is -0.797. The number of carboxylic acid groups (broad SMARTS) is 1. The van der Waals surface area contributed by atoms with E-state index in [9.17, 15) is 14.7 Å². The van der Waals surface area contributed by atoms with E-state index in [1.54, 1.807) is 0 Å². The number of hydrogen-bond donors (Lipinski definition) is 2. The number of benzene rings is 2. The van der Waals surface area contributed by atoms with Crippen LogP contribution in [0.2, 0.25) is 0 Å². The van der Waals surface area contributed by atoms with E-state index in [-0.39, 0.29) is 11.9 Å². The van der Waals surface area contributed by atoms with Gasteiger partial charge in [0, 0.05) is 22.6 Å². The Labute approximate surface area is 170 Å². The van der Waals surface area contributed by atoms with Crippen LogP contribution < -0.4 is 5.32 Å². The van der Waals surface area contributed by atoms with Gasteiger partial charge in [-0.3, -0.25) is 4.79 Å². The molecule has 2 atom stereocenters. The Morgan fingerprint density at radius 2 is 1.86 bits per heavy atom. The van der Waals surface area contributed by atoms with Gasteiger partial charge < -0.3 is 15.0 Å². The van der Waals surface area contributed by atoms with E-state index in [1.165, 1.54) is 5.56 Å². The first-order chi connectivity index (χ1) is 14.1. The van der Waals surface area contributed by atoms with Crippen LogP contribution >= 0.6 is 0 Å². The van der Waals surface area contributed by atoms with Crippen molar-refractivity contribution in [3.63, 3.8) is 0 Å².